The maximum atomic E-state index is 12.0. The maximum absolute atomic E-state index is 12.0. The van der Waals surface area contributed by atoms with Crippen LogP contribution in [0.15, 0.2) is 24.5 Å². The largest absolute Gasteiger partial charge is 0.481 e. The fraction of sp³-hybridized carbons (Fsp3) is 0.462. The zero-order valence-electron chi connectivity index (χ0n) is 10.6. The third kappa shape index (κ3) is 4.16. The van der Waals surface area contributed by atoms with E-state index in [1.165, 1.54) is 6.20 Å². The fourth-order valence-electron chi connectivity index (χ4n) is 1.56. The minimum absolute atomic E-state index is 0.0328. The highest BCUT2D eigenvalue weighted by Gasteiger charge is 2.24. The highest BCUT2D eigenvalue weighted by Crippen LogP contribution is 2.19. The molecule has 1 aromatic heterocycles. The monoisotopic (exact) mass is 250 g/mol. The predicted octanol–water partition coefficient (Wildman–Crippen LogP) is 1.55. The van der Waals surface area contributed by atoms with Gasteiger partial charge in [0.05, 0.1) is 12.3 Å². The summed E-state index contributed by atoms with van der Waals surface area (Å²) < 4.78 is 0. The van der Waals surface area contributed by atoms with Crippen LogP contribution in [-0.2, 0) is 9.59 Å². The van der Waals surface area contributed by atoms with E-state index in [2.05, 4.69) is 10.3 Å². The molecule has 98 valence electrons. The Hall–Kier alpha value is -1.91. The molecule has 1 amide bonds. The molecule has 0 saturated heterocycles. The first-order valence-corrected chi connectivity index (χ1v) is 5.96. The molecule has 5 nitrogen and oxygen atoms in total. The van der Waals surface area contributed by atoms with Crippen LogP contribution in [0.1, 0.15) is 38.2 Å². The first-order chi connectivity index (χ1) is 8.54. The second-order valence-corrected chi connectivity index (χ2v) is 4.25. The lowest BCUT2D eigenvalue weighted by Gasteiger charge is -2.18. The number of carboxylic acids is 1. The number of amides is 1. The van der Waals surface area contributed by atoms with E-state index in [9.17, 15) is 9.59 Å². The molecule has 2 N–H and O–H groups in total. The van der Waals surface area contributed by atoms with Gasteiger partial charge < -0.3 is 10.4 Å². The normalized spacial score (nSPS) is 13.7. The highest BCUT2D eigenvalue weighted by molar-refractivity contribution is 5.87. The Morgan fingerprint density at radius 2 is 2.22 bits per heavy atom. The quantitative estimate of drug-likeness (QED) is 0.803. The van der Waals surface area contributed by atoms with Crippen molar-refractivity contribution in [1.29, 1.82) is 0 Å². The third-order valence-electron chi connectivity index (χ3n) is 2.78. The van der Waals surface area contributed by atoms with Gasteiger partial charge in [-0.15, -0.1) is 0 Å². The number of nitrogens with zero attached hydrogens (tertiary/aromatic N) is 1. The van der Waals surface area contributed by atoms with Crippen molar-refractivity contribution in [1.82, 2.24) is 10.3 Å². The molecule has 2 unspecified atom stereocenters. The number of aliphatic carboxylic acids is 1. The molecule has 0 aliphatic carbocycles. The molecule has 0 radical (unpaired) electrons. The van der Waals surface area contributed by atoms with Gasteiger partial charge in [0, 0.05) is 18.4 Å². The molecule has 1 heterocycles. The molecule has 2 atom stereocenters. The standard InChI is InChI=1S/C13H18N2O3/c1-3-9(2)15-13(18)11(7-12(16)17)10-5-4-6-14-8-10/h4-6,8-9,11H,3,7H2,1-2H3,(H,15,18)(H,16,17). The van der Waals surface area contributed by atoms with Crippen LogP contribution >= 0.6 is 0 Å². The Bertz CT molecular complexity index is 406. The van der Waals surface area contributed by atoms with Gasteiger partial charge in [0.15, 0.2) is 0 Å². The molecule has 1 rings (SSSR count). The third-order valence-corrected chi connectivity index (χ3v) is 2.78. The van der Waals surface area contributed by atoms with Crippen molar-refractivity contribution in [2.24, 2.45) is 0 Å². The highest BCUT2D eigenvalue weighted by atomic mass is 16.4. The topological polar surface area (TPSA) is 79.3 Å². The summed E-state index contributed by atoms with van der Waals surface area (Å²) in [6.45, 7) is 3.85. The van der Waals surface area contributed by atoms with Gasteiger partial charge in [-0.05, 0) is 25.0 Å². The van der Waals surface area contributed by atoms with E-state index in [-0.39, 0.29) is 18.4 Å². The summed E-state index contributed by atoms with van der Waals surface area (Å²) >= 11 is 0. The van der Waals surface area contributed by atoms with Gasteiger partial charge in [-0.3, -0.25) is 14.6 Å². The molecule has 0 saturated carbocycles. The average Bonchev–Trinajstić information content (AvgIpc) is 2.36. The van der Waals surface area contributed by atoms with Crippen molar-refractivity contribution in [3.05, 3.63) is 30.1 Å². The summed E-state index contributed by atoms with van der Waals surface area (Å²) in [6.07, 6.45) is 3.70. The Morgan fingerprint density at radius 3 is 2.72 bits per heavy atom. The lowest BCUT2D eigenvalue weighted by molar-refractivity contribution is -0.139. The smallest absolute Gasteiger partial charge is 0.304 e. The molecule has 0 aliphatic heterocycles. The van der Waals surface area contributed by atoms with E-state index in [0.29, 0.717) is 5.56 Å². The van der Waals surface area contributed by atoms with Gasteiger partial charge in [-0.2, -0.15) is 0 Å². The lowest BCUT2D eigenvalue weighted by atomic mass is 9.96. The van der Waals surface area contributed by atoms with Crippen molar-refractivity contribution in [3.63, 3.8) is 0 Å². The van der Waals surface area contributed by atoms with E-state index in [4.69, 9.17) is 5.11 Å². The minimum Gasteiger partial charge on any atom is -0.481 e. The lowest BCUT2D eigenvalue weighted by Crippen LogP contribution is -2.36. The van der Waals surface area contributed by atoms with Crippen LogP contribution in [0, 0.1) is 0 Å². The van der Waals surface area contributed by atoms with Gasteiger partial charge in [0.25, 0.3) is 0 Å². The molecular weight excluding hydrogens is 232 g/mol. The molecular formula is C13H18N2O3. The van der Waals surface area contributed by atoms with Gasteiger partial charge >= 0.3 is 5.97 Å². The zero-order valence-corrected chi connectivity index (χ0v) is 10.6. The molecule has 0 spiro atoms. The number of rotatable bonds is 6. The van der Waals surface area contributed by atoms with Crippen LogP contribution in [0.4, 0.5) is 0 Å². The van der Waals surface area contributed by atoms with Gasteiger partial charge in [-0.25, -0.2) is 0 Å². The van der Waals surface area contributed by atoms with Crippen molar-refractivity contribution in [3.8, 4) is 0 Å². The van der Waals surface area contributed by atoms with Crippen LogP contribution < -0.4 is 5.32 Å². The maximum Gasteiger partial charge on any atom is 0.304 e. The first-order valence-electron chi connectivity index (χ1n) is 5.96. The minimum atomic E-state index is -0.997. The van der Waals surface area contributed by atoms with Crippen molar-refractivity contribution in [2.45, 2.75) is 38.6 Å². The summed E-state index contributed by atoms with van der Waals surface area (Å²) in [6, 6.07) is 3.45. The van der Waals surface area contributed by atoms with Crippen molar-refractivity contribution >= 4 is 11.9 Å². The Kier molecular flexibility index (Phi) is 5.30. The second kappa shape index (κ2) is 6.74. The molecule has 0 bridgehead atoms. The predicted molar refractivity (Wildman–Crippen MR) is 67.1 cm³/mol. The zero-order chi connectivity index (χ0) is 13.5. The molecule has 18 heavy (non-hydrogen) atoms. The summed E-state index contributed by atoms with van der Waals surface area (Å²) in [5.41, 5.74) is 0.626. The fourth-order valence-corrected chi connectivity index (χ4v) is 1.56. The van der Waals surface area contributed by atoms with E-state index in [1.807, 2.05) is 13.8 Å². The number of hydrogen-bond donors (Lipinski definition) is 2. The SMILES string of the molecule is CCC(C)NC(=O)C(CC(=O)O)c1cccnc1. The number of nitrogens with one attached hydrogen (secondary N) is 1. The van der Waals surface area contributed by atoms with Crippen LogP contribution in [-0.4, -0.2) is 28.0 Å². The number of hydrogen-bond acceptors (Lipinski definition) is 3. The summed E-state index contributed by atoms with van der Waals surface area (Å²) in [4.78, 5) is 26.8. The Balaban J connectivity index is 2.85. The Morgan fingerprint density at radius 1 is 1.50 bits per heavy atom. The molecule has 5 heteroatoms. The van der Waals surface area contributed by atoms with Crippen LogP contribution in [0.3, 0.4) is 0 Å². The van der Waals surface area contributed by atoms with E-state index < -0.39 is 11.9 Å². The first kappa shape index (κ1) is 14.2. The number of carbonyl (C=O) groups is 2. The van der Waals surface area contributed by atoms with Crippen molar-refractivity contribution < 1.29 is 14.7 Å². The second-order valence-electron chi connectivity index (χ2n) is 4.25. The van der Waals surface area contributed by atoms with E-state index in [0.717, 1.165) is 6.42 Å². The van der Waals surface area contributed by atoms with Crippen LogP contribution in [0.2, 0.25) is 0 Å². The molecule has 0 fully saturated rings. The Labute approximate surface area is 106 Å². The van der Waals surface area contributed by atoms with Gasteiger partial charge in [0.2, 0.25) is 5.91 Å². The number of pyridine rings is 1. The van der Waals surface area contributed by atoms with Crippen molar-refractivity contribution in [2.75, 3.05) is 0 Å². The summed E-state index contributed by atoms with van der Waals surface area (Å²) in [5.74, 6) is -1.95. The average molecular weight is 250 g/mol. The van der Waals surface area contributed by atoms with Gasteiger partial charge in [-0.1, -0.05) is 13.0 Å². The molecule has 0 aliphatic rings. The molecule has 0 aromatic carbocycles. The number of carbonyl (C=O) groups excluding carboxylic acids is 1. The molecule has 1 aromatic rings. The summed E-state index contributed by atoms with van der Waals surface area (Å²) in [7, 11) is 0. The number of aromatic nitrogens is 1. The number of carboxylic acid groups (broad SMARTS) is 1. The van der Waals surface area contributed by atoms with Crippen LogP contribution in [0.5, 0.6) is 0 Å². The van der Waals surface area contributed by atoms with Crippen LogP contribution in [0.25, 0.3) is 0 Å². The van der Waals surface area contributed by atoms with Gasteiger partial charge in [0.1, 0.15) is 0 Å². The summed E-state index contributed by atoms with van der Waals surface area (Å²) in [5, 5.41) is 11.7. The van der Waals surface area contributed by atoms with E-state index >= 15 is 0 Å². The van der Waals surface area contributed by atoms with E-state index in [1.54, 1.807) is 18.3 Å².